The zero-order chi connectivity index (χ0) is 60.0. The summed E-state index contributed by atoms with van der Waals surface area (Å²) in [4.78, 5) is 13.1. The Bertz CT molecular complexity index is 1360. The number of hydrogen-bond donors (Lipinski definition) is 6. The number of allylic oxidation sites excluding steroid dienone is 3. The third kappa shape index (κ3) is 52.3. The van der Waals surface area contributed by atoms with Crippen LogP contribution in [0.25, 0.3) is 0 Å². The predicted molar refractivity (Wildman–Crippen MR) is 355 cm³/mol. The van der Waals surface area contributed by atoms with Gasteiger partial charge in [0.1, 0.15) is 24.4 Å². The second-order valence-corrected chi connectivity index (χ2v) is 26.1. The van der Waals surface area contributed by atoms with Gasteiger partial charge >= 0.3 is 0 Å². The molecule has 1 fully saturated rings. The minimum atomic E-state index is -1.57. The highest BCUT2D eigenvalue weighted by Crippen LogP contribution is 2.24. The maximum atomic E-state index is 13.1. The first-order valence-corrected chi connectivity index (χ1v) is 37.1. The van der Waals surface area contributed by atoms with Crippen molar-refractivity contribution in [3.63, 3.8) is 0 Å². The maximum Gasteiger partial charge on any atom is 0.220 e. The van der Waals surface area contributed by atoms with Crippen LogP contribution in [-0.4, -0.2) is 87.5 Å². The lowest BCUT2D eigenvalue weighted by atomic mass is 9.99. The molecule has 7 unspecified atom stereocenters. The summed E-state index contributed by atoms with van der Waals surface area (Å²) in [6.07, 6.45) is 77.4. The van der Waals surface area contributed by atoms with Crippen molar-refractivity contribution in [3.05, 3.63) is 24.3 Å². The summed E-state index contributed by atoms with van der Waals surface area (Å²) in [6, 6.07) is -0.820. The molecule has 0 aromatic rings. The molecular formula is C74H143NO8. The smallest absolute Gasteiger partial charge is 0.220 e. The Hall–Kier alpha value is -1.33. The molecule has 492 valence electrons. The minimum Gasteiger partial charge on any atom is -0.394 e. The zero-order valence-corrected chi connectivity index (χ0v) is 55.2. The zero-order valence-electron chi connectivity index (χ0n) is 55.2. The fourth-order valence-corrected chi connectivity index (χ4v) is 12.2. The largest absolute Gasteiger partial charge is 0.394 e. The number of hydrogen-bond acceptors (Lipinski definition) is 8. The minimum absolute atomic E-state index is 0.177. The van der Waals surface area contributed by atoms with Gasteiger partial charge in [0.25, 0.3) is 0 Å². The van der Waals surface area contributed by atoms with E-state index in [1.165, 1.54) is 327 Å². The van der Waals surface area contributed by atoms with Crippen molar-refractivity contribution >= 4 is 5.91 Å². The van der Waals surface area contributed by atoms with E-state index in [1.807, 2.05) is 6.08 Å². The Morgan fingerprint density at radius 3 is 1.01 bits per heavy atom. The fraction of sp³-hybridized carbons (Fsp3) is 0.932. The van der Waals surface area contributed by atoms with Crippen LogP contribution >= 0.6 is 0 Å². The van der Waals surface area contributed by atoms with Crippen LogP contribution in [0.1, 0.15) is 386 Å². The molecule has 1 aliphatic heterocycles. The molecule has 83 heavy (non-hydrogen) atoms. The van der Waals surface area contributed by atoms with E-state index in [-0.39, 0.29) is 12.5 Å². The summed E-state index contributed by atoms with van der Waals surface area (Å²) in [5, 5.41) is 54.8. The highest BCUT2D eigenvalue weighted by atomic mass is 16.7. The van der Waals surface area contributed by atoms with Gasteiger partial charge < -0.3 is 40.3 Å². The monoisotopic (exact) mass is 1170 g/mol. The number of unbranched alkanes of at least 4 members (excludes halogenated alkanes) is 54. The third-order valence-electron chi connectivity index (χ3n) is 18.0. The first kappa shape index (κ1) is 79.7. The van der Waals surface area contributed by atoms with Gasteiger partial charge in [-0.05, 0) is 32.1 Å². The first-order valence-electron chi connectivity index (χ1n) is 37.1. The third-order valence-corrected chi connectivity index (χ3v) is 18.0. The van der Waals surface area contributed by atoms with Crippen LogP contribution in [0.5, 0.6) is 0 Å². The Balaban J connectivity index is 2.11. The number of ether oxygens (including phenoxy) is 2. The second kappa shape index (κ2) is 63.7. The quantitative estimate of drug-likeness (QED) is 0.0261. The van der Waals surface area contributed by atoms with Crippen LogP contribution in [0.2, 0.25) is 0 Å². The Kier molecular flexibility index (Phi) is 61.1. The number of aliphatic hydroxyl groups excluding tert-OH is 5. The lowest BCUT2D eigenvalue weighted by Crippen LogP contribution is -2.60. The molecule has 1 saturated heterocycles. The van der Waals surface area contributed by atoms with Crippen molar-refractivity contribution in [3.8, 4) is 0 Å². The second-order valence-electron chi connectivity index (χ2n) is 26.1. The number of amides is 1. The van der Waals surface area contributed by atoms with Gasteiger partial charge in [-0.15, -0.1) is 0 Å². The van der Waals surface area contributed by atoms with Gasteiger partial charge in [0, 0.05) is 6.42 Å². The van der Waals surface area contributed by atoms with Crippen molar-refractivity contribution in [2.24, 2.45) is 0 Å². The molecule has 7 atom stereocenters. The summed E-state index contributed by atoms with van der Waals surface area (Å²) in [7, 11) is 0. The molecule has 0 spiro atoms. The van der Waals surface area contributed by atoms with Crippen LogP contribution in [0.4, 0.5) is 0 Å². The molecule has 1 rings (SSSR count). The van der Waals surface area contributed by atoms with Gasteiger partial charge in [-0.3, -0.25) is 4.79 Å². The van der Waals surface area contributed by atoms with E-state index in [1.54, 1.807) is 6.08 Å². The van der Waals surface area contributed by atoms with Gasteiger partial charge in [-0.1, -0.05) is 372 Å². The Morgan fingerprint density at radius 1 is 0.398 bits per heavy atom. The molecule has 1 aliphatic rings. The predicted octanol–water partition coefficient (Wildman–Crippen LogP) is 20.4. The van der Waals surface area contributed by atoms with E-state index in [0.717, 1.165) is 38.5 Å². The van der Waals surface area contributed by atoms with E-state index in [2.05, 4.69) is 31.3 Å². The number of aliphatic hydroxyl groups is 5. The first-order chi connectivity index (χ1) is 40.8. The standard InChI is InChI=1S/C74H143NO8/c1-3-5-7-9-11-13-15-17-19-21-23-25-27-29-31-32-33-34-35-36-38-39-41-43-45-47-49-51-53-55-57-59-61-63-68(77)67(66-82-74-73(81)72(80)71(79)69(65-76)83-74)75-70(78)64-62-60-58-56-54-52-50-48-46-44-42-40-37-30-28-26-24-22-20-18-16-14-12-10-8-6-4-2/h53,55,61,63,67-69,71-74,76-77,79-81H,3-52,54,56-60,62,64-66H2,1-2H3,(H,75,78)/b55-53+,63-61+. The fourth-order valence-electron chi connectivity index (χ4n) is 12.2. The van der Waals surface area contributed by atoms with Crippen molar-refractivity contribution in [1.29, 1.82) is 0 Å². The molecule has 0 aromatic carbocycles. The van der Waals surface area contributed by atoms with Gasteiger partial charge in [-0.25, -0.2) is 0 Å². The lowest BCUT2D eigenvalue weighted by molar-refractivity contribution is -0.302. The number of rotatable bonds is 66. The number of nitrogens with one attached hydrogen (secondary N) is 1. The average molecular weight is 1170 g/mol. The van der Waals surface area contributed by atoms with Crippen molar-refractivity contribution in [2.75, 3.05) is 13.2 Å². The van der Waals surface area contributed by atoms with Gasteiger partial charge in [-0.2, -0.15) is 0 Å². The summed E-state index contributed by atoms with van der Waals surface area (Å²) in [6.45, 7) is 3.83. The topological polar surface area (TPSA) is 149 Å². The van der Waals surface area contributed by atoms with Crippen molar-refractivity contribution < 1.29 is 39.8 Å². The van der Waals surface area contributed by atoms with E-state index < -0.39 is 49.5 Å². The van der Waals surface area contributed by atoms with Crippen LogP contribution < -0.4 is 5.32 Å². The summed E-state index contributed by atoms with van der Waals surface area (Å²) in [5.74, 6) is -0.177. The number of carbonyl (C=O) groups excluding carboxylic acids is 1. The molecular weight excluding hydrogens is 1030 g/mol. The number of carbonyl (C=O) groups is 1. The molecule has 0 aromatic heterocycles. The van der Waals surface area contributed by atoms with Crippen LogP contribution in [0.3, 0.4) is 0 Å². The van der Waals surface area contributed by atoms with E-state index in [4.69, 9.17) is 9.47 Å². The van der Waals surface area contributed by atoms with E-state index in [9.17, 15) is 30.3 Å². The molecule has 0 aliphatic carbocycles. The summed E-state index contributed by atoms with van der Waals surface area (Å²) < 4.78 is 11.3. The van der Waals surface area contributed by atoms with Gasteiger partial charge in [0.2, 0.25) is 5.91 Å². The molecule has 1 heterocycles. The van der Waals surface area contributed by atoms with E-state index in [0.29, 0.717) is 6.42 Å². The molecule has 0 saturated carbocycles. The lowest BCUT2D eigenvalue weighted by Gasteiger charge is -2.40. The molecule has 9 nitrogen and oxygen atoms in total. The van der Waals surface area contributed by atoms with Gasteiger partial charge in [0.05, 0.1) is 25.4 Å². The van der Waals surface area contributed by atoms with Crippen molar-refractivity contribution in [2.45, 2.75) is 429 Å². The highest BCUT2D eigenvalue weighted by Gasteiger charge is 2.44. The highest BCUT2D eigenvalue weighted by molar-refractivity contribution is 5.76. The Morgan fingerprint density at radius 2 is 0.687 bits per heavy atom. The van der Waals surface area contributed by atoms with Crippen LogP contribution in [-0.2, 0) is 14.3 Å². The molecule has 6 N–H and O–H groups in total. The molecule has 9 heteroatoms. The normalized spacial score (nSPS) is 18.3. The average Bonchev–Trinajstić information content (AvgIpc) is 3.57. The maximum absolute atomic E-state index is 13.1. The molecule has 1 amide bonds. The molecule has 0 radical (unpaired) electrons. The van der Waals surface area contributed by atoms with Crippen LogP contribution in [0.15, 0.2) is 24.3 Å². The van der Waals surface area contributed by atoms with E-state index >= 15 is 0 Å². The Labute approximate surface area is 515 Å². The summed E-state index contributed by atoms with van der Waals surface area (Å²) >= 11 is 0. The summed E-state index contributed by atoms with van der Waals surface area (Å²) in [5.41, 5.74) is 0. The van der Waals surface area contributed by atoms with Crippen molar-refractivity contribution in [1.82, 2.24) is 5.32 Å². The SMILES string of the molecule is CCCCCCCCCCCCCCCCCCCCCCCCCCCCC/C=C/CC/C=C/C(O)C(COC1OC(CO)C(O)C(O)C1O)NC(=O)CCCCCCCCCCCCCCCCCCCCCCCCCCCCC. The van der Waals surface area contributed by atoms with Gasteiger partial charge in [0.15, 0.2) is 6.29 Å². The molecule has 0 bridgehead atoms. The van der Waals surface area contributed by atoms with Crippen LogP contribution in [0, 0.1) is 0 Å².